The number of hydrogen-bond donors (Lipinski definition) is 1. The molecule has 140 valence electrons. The molecule has 1 amide bonds. The summed E-state index contributed by atoms with van der Waals surface area (Å²) in [4.78, 5) is 23.7. The van der Waals surface area contributed by atoms with Gasteiger partial charge in [0.25, 0.3) is 0 Å². The van der Waals surface area contributed by atoms with Crippen molar-refractivity contribution in [3.63, 3.8) is 0 Å². The summed E-state index contributed by atoms with van der Waals surface area (Å²) in [6.45, 7) is 5.32. The van der Waals surface area contributed by atoms with Crippen molar-refractivity contribution in [3.8, 4) is 11.5 Å². The maximum atomic E-state index is 12.0. The first kappa shape index (κ1) is 20.6. The van der Waals surface area contributed by atoms with Gasteiger partial charge in [0.15, 0.2) is 0 Å². The van der Waals surface area contributed by atoms with Crippen LogP contribution in [0, 0.1) is 0 Å². The number of methoxy groups -OCH3 is 3. The smallest absolute Gasteiger partial charge is 0.407 e. The third-order valence-corrected chi connectivity index (χ3v) is 3.32. The Bertz CT molecular complexity index is 594. The summed E-state index contributed by atoms with van der Waals surface area (Å²) in [7, 11) is 4.42. The molecule has 0 aromatic heterocycles. The molecule has 0 fully saturated rings. The highest BCUT2D eigenvalue weighted by atomic mass is 16.6. The van der Waals surface area contributed by atoms with Gasteiger partial charge in [-0.15, -0.1) is 0 Å². The van der Waals surface area contributed by atoms with Crippen LogP contribution >= 0.6 is 0 Å². The number of carbonyl (C=O) groups excluding carboxylic acids is 2. The van der Waals surface area contributed by atoms with Gasteiger partial charge < -0.3 is 24.3 Å². The number of carbonyl (C=O) groups is 2. The lowest BCUT2D eigenvalue weighted by Gasteiger charge is -2.23. The third kappa shape index (κ3) is 7.32. The van der Waals surface area contributed by atoms with Gasteiger partial charge in [-0.2, -0.15) is 0 Å². The van der Waals surface area contributed by atoms with E-state index in [1.165, 1.54) is 7.11 Å². The monoisotopic (exact) mass is 353 g/mol. The van der Waals surface area contributed by atoms with E-state index in [4.69, 9.17) is 18.9 Å². The zero-order chi connectivity index (χ0) is 19.0. The highest BCUT2D eigenvalue weighted by molar-refractivity contribution is 5.73. The van der Waals surface area contributed by atoms with Crippen molar-refractivity contribution in [1.29, 1.82) is 0 Å². The van der Waals surface area contributed by atoms with E-state index in [-0.39, 0.29) is 6.42 Å². The molecule has 1 atom stereocenters. The van der Waals surface area contributed by atoms with E-state index in [1.807, 2.05) is 6.07 Å². The predicted octanol–water partition coefficient (Wildman–Crippen LogP) is 2.70. The summed E-state index contributed by atoms with van der Waals surface area (Å²) >= 11 is 0. The number of ether oxygens (including phenoxy) is 4. The molecule has 0 radical (unpaired) electrons. The van der Waals surface area contributed by atoms with Crippen molar-refractivity contribution in [3.05, 3.63) is 23.8 Å². The molecule has 0 heterocycles. The fourth-order valence-corrected chi connectivity index (χ4v) is 2.22. The van der Waals surface area contributed by atoms with Gasteiger partial charge in [0.2, 0.25) is 0 Å². The highest BCUT2D eigenvalue weighted by Crippen LogP contribution is 2.26. The Morgan fingerprint density at radius 2 is 1.80 bits per heavy atom. The van der Waals surface area contributed by atoms with Crippen LogP contribution in [0.1, 0.15) is 32.8 Å². The quantitative estimate of drug-likeness (QED) is 0.759. The molecule has 0 saturated carbocycles. The molecule has 1 rings (SSSR count). The molecule has 1 aromatic carbocycles. The van der Waals surface area contributed by atoms with E-state index in [1.54, 1.807) is 47.1 Å². The Hall–Kier alpha value is -2.44. The SMILES string of the molecule is COC(=O)CC(Cc1ccc(OC)cc1OC)NC(=O)OC(C)(C)C. The molecular formula is C18H27NO6. The number of hydrogen-bond acceptors (Lipinski definition) is 6. The van der Waals surface area contributed by atoms with Gasteiger partial charge in [0.05, 0.1) is 27.8 Å². The lowest BCUT2D eigenvalue weighted by molar-refractivity contribution is -0.141. The maximum absolute atomic E-state index is 12.0. The summed E-state index contributed by atoms with van der Waals surface area (Å²) in [5, 5.41) is 2.72. The van der Waals surface area contributed by atoms with Crippen LogP contribution in [-0.2, 0) is 20.7 Å². The van der Waals surface area contributed by atoms with E-state index < -0.39 is 23.7 Å². The van der Waals surface area contributed by atoms with E-state index in [0.717, 1.165) is 5.56 Å². The van der Waals surface area contributed by atoms with Crippen molar-refractivity contribution in [2.75, 3.05) is 21.3 Å². The second-order valence-electron chi connectivity index (χ2n) is 6.51. The molecular weight excluding hydrogens is 326 g/mol. The van der Waals surface area contributed by atoms with Gasteiger partial charge in [-0.05, 0) is 38.8 Å². The molecule has 1 aromatic rings. The van der Waals surface area contributed by atoms with Crippen LogP contribution in [0.2, 0.25) is 0 Å². The Morgan fingerprint density at radius 3 is 2.32 bits per heavy atom. The number of rotatable bonds is 7. The third-order valence-electron chi connectivity index (χ3n) is 3.32. The number of amides is 1. The number of benzene rings is 1. The van der Waals surface area contributed by atoms with E-state index >= 15 is 0 Å². The largest absolute Gasteiger partial charge is 0.497 e. The van der Waals surface area contributed by atoms with Gasteiger partial charge in [-0.1, -0.05) is 6.07 Å². The van der Waals surface area contributed by atoms with E-state index in [2.05, 4.69) is 5.32 Å². The average Bonchev–Trinajstić information content (AvgIpc) is 2.53. The summed E-state index contributed by atoms with van der Waals surface area (Å²) in [6, 6.07) is 4.88. The second-order valence-corrected chi connectivity index (χ2v) is 6.51. The molecule has 0 aliphatic carbocycles. The molecule has 7 heteroatoms. The summed E-state index contributed by atoms with van der Waals surface area (Å²) in [6.07, 6.45) is -0.194. The Balaban J connectivity index is 2.93. The van der Waals surface area contributed by atoms with Crippen LogP contribution in [0.25, 0.3) is 0 Å². The minimum Gasteiger partial charge on any atom is -0.497 e. The number of nitrogens with one attached hydrogen (secondary N) is 1. The predicted molar refractivity (Wildman–Crippen MR) is 93.0 cm³/mol. The highest BCUT2D eigenvalue weighted by Gasteiger charge is 2.23. The number of esters is 1. The second kappa shape index (κ2) is 9.15. The average molecular weight is 353 g/mol. The molecule has 0 aliphatic rings. The van der Waals surface area contributed by atoms with Crippen LogP contribution < -0.4 is 14.8 Å². The summed E-state index contributed by atoms with van der Waals surface area (Å²) < 4.78 is 20.5. The van der Waals surface area contributed by atoms with Crippen LogP contribution in [0.4, 0.5) is 4.79 Å². The summed E-state index contributed by atoms with van der Waals surface area (Å²) in [5.41, 5.74) is 0.200. The van der Waals surface area contributed by atoms with Crippen LogP contribution in [0.5, 0.6) is 11.5 Å². The van der Waals surface area contributed by atoms with Crippen LogP contribution in [0.15, 0.2) is 18.2 Å². The Morgan fingerprint density at radius 1 is 1.12 bits per heavy atom. The Kier molecular flexibility index (Phi) is 7.54. The van der Waals surface area contributed by atoms with Gasteiger partial charge in [0.1, 0.15) is 17.1 Å². The zero-order valence-electron chi connectivity index (χ0n) is 15.7. The van der Waals surface area contributed by atoms with Crippen molar-refractivity contribution in [1.82, 2.24) is 5.32 Å². The fourth-order valence-electron chi connectivity index (χ4n) is 2.22. The summed E-state index contributed by atoms with van der Waals surface area (Å²) in [5.74, 6) is 0.846. The molecule has 0 bridgehead atoms. The molecule has 0 aliphatic heterocycles. The molecule has 1 unspecified atom stereocenters. The molecule has 25 heavy (non-hydrogen) atoms. The maximum Gasteiger partial charge on any atom is 0.407 e. The van der Waals surface area contributed by atoms with Gasteiger partial charge in [0, 0.05) is 12.1 Å². The standard InChI is InChI=1S/C18H27NO6/c1-18(2,3)25-17(21)19-13(10-16(20)24-6)9-12-7-8-14(22-4)11-15(12)23-5/h7-8,11,13H,9-10H2,1-6H3,(H,19,21). The van der Waals surface area contributed by atoms with Crippen molar-refractivity contribution < 1.29 is 28.5 Å². The first-order valence-electron chi connectivity index (χ1n) is 7.95. The molecule has 0 saturated heterocycles. The molecule has 0 spiro atoms. The van der Waals surface area contributed by atoms with E-state index in [0.29, 0.717) is 17.9 Å². The zero-order valence-corrected chi connectivity index (χ0v) is 15.7. The topological polar surface area (TPSA) is 83.1 Å². The number of alkyl carbamates (subject to hydrolysis) is 1. The van der Waals surface area contributed by atoms with Gasteiger partial charge >= 0.3 is 12.1 Å². The lowest BCUT2D eigenvalue weighted by atomic mass is 10.0. The fraction of sp³-hybridized carbons (Fsp3) is 0.556. The lowest BCUT2D eigenvalue weighted by Crippen LogP contribution is -2.41. The molecule has 1 N–H and O–H groups in total. The van der Waals surface area contributed by atoms with Gasteiger partial charge in [-0.3, -0.25) is 4.79 Å². The first-order valence-corrected chi connectivity index (χ1v) is 7.95. The minimum atomic E-state index is -0.627. The Labute approximate surface area is 148 Å². The first-order chi connectivity index (χ1) is 11.7. The van der Waals surface area contributed by atoms with Crippen molar-refractivity contribution in [2.24, 2.45) is 0 Å². The minimum absolute atomic E-state index is 0.0188. The normalized spacial score (nSPS) is 12.1. The van der Waals surface area contributed by atoms with Crippen LogP contribution in [0.3, 0.4) is 0 Å². The van der Waals surface area contributed by atoms with Crippen LogP contribution in [-0.4, -0.2) is 45.0 Å². The van der Waals surface area contributed by atoms with E-state index in [9.17, 15) is 9.59 Å². The van der Waals surface area contributed by atoms with Crippen molar-refractivity contribution in [2.45, 2.75) is 45.3 Å². The van der Waals surface area contributed by atoms with Gasteiger partial charge in [-0.25, -0.2) is 4.79 Å². The molecule has 7 nitrogen and oxygen atoms in total. The van der Waals surface area contributed by atoms with Crippen molar-refractivity contribution >= 4 is 12.1 Å².